The van der Waals surface area contributed by atoms with Crippen molar-refractivity contribution >= 4 is 22.9 Å². The summed E-state index contributed by atoms with van der Waals surface area (Å²) in [4.78, 5) is 1.52. The molecule has 0 nitrogen and oxygen atoms in total. The smallest absolute Gasteiger partial charge is 0.0254 e. The molecule has 1 aliphatic carbocycles. The molecule has 1 aromatic rings. The Bertz CT molecular complexity index is 262. The predicted molar refractivity (Wildman–Crippen MR) is 68.8 cm³/mol. The van der Waals surface area contributed by atoms with Crippen molar-refractivity contribution in [1.29, 1.82) is 0 Å². The fourth-order valence-corrected chi connectivity index (χ4v) is 3.78. The molecule has 1 saturated carbocycles. The molecule has 84 valence electrons. The standard InChI is InChI=1S/C13H19ClS/c14-10-12(11-4-1-2-5-11)7-8-13-6-3-9-15-13/h3,6,9,11-12H,1-2,4-5,7-8,10H2. The van der Waals surface area contributed by atoms with Crippen LogP contribution in [0.2, 0.25) is 0 Å². The van der Waals surface area contributed by atoms with E-state index in [4.69, 9.17) is 11.6 Å². The lowest BCUT2D eigenvalue weighted by Crippen LogP contribution is -2.14. The number of aryl methyl sites for hydroxylation is 1. The molecule has 1 aliphatic rings. The second-order valence-corrected chi connectivity index (χ2v) is 5.92. The first-order valence-electron chi connectivity index (χ1n) is 5.98. The minimum Gasteiger partial charge on any atom is -0.149 e. The van der Waals surface area contributed by atoms with Crippen molar-refractivity contribution in [2.45, 2.75) is 38.5 Å². The number of rotatable bonds is 5. The highest BCUT2D eigenvalue weighted by Gasteiger charge is 2.23. The van der Waals surface area contributed by atoms with E-state index in [1.807, 2.05) is 11.3 Å². The van der Waals surface area contributed by atoms with Gasteiger partial charge in [0.1, 0.15) is 0 Å². The lowest BCUT2D eigenvalue weighted by molar-refractivity contribution is 0.351. The van der Waals surface area contributed by atoms with Crippen molar-refractivity contribution in [2.24, 2.45) is 11.8 Å². The topological polar surface area (TPSA) is 0 Å². The zero-order chi connectivity index (χ0) is 10.5. The Labute approximate surface area is 102 Å². The summed E-state index contributed by atoms with van der Waals surface area (Å²) in [5, 5.41) is 2.17. The van der Waals surface area contributed by atoms with Crippen LogP contribution in [-0.4, -0.2) is 5.88 Å². The van der Waals surface area contributed by atoms with Crippen molar-refractivity contribution in [3.8, 4) is 0 Å². The second kappa shape index (κ2) is 5.91. The Balaban J connectivity index is 1.80. The minimum absolute atomic E-state index is 0.760. The van der Waals surface area contributed by atoms with Crippen LogP contribution in [0.25, 0.3) is 0 Å². The van der Waals surface area contributed by atoms with Gasteiger partial charge in [0.05, 0.1) is 0 Å². The van der Waals surface area contributed by atoms with Crippen LogP contribution in [0.5, 0.6) is 0 Å². The fourth-order valence-electron chi connectivity index (χ4n) is 2.65. The molecular formula is C13H19ClS. The molecule has 1 atom stereocenters. The van der Waals surface area contributed by atoms with E-state index in [9.17, 15) is 0 Å². The molecule has 15 heavy (non-hydrogen) atoms. The number of thiophene rings is 1. The van der Waals surface area contributed by atoms with Crippen molar-refractivity contribution in [3.63, 3.8) is 0 Å². The lowest BCUT2D eigenvalue weighted by Gasteiger charge is -2.20. The third-order valence-corrected chi connectivity index (χ3v) is 4.94. The van der Waals surface area contributed by atoms with Crippen LogP contribution < -0.4 is 0 Å². The third-order valence-electron chi connectivity index (χ3n) is 3.61. The number of halogens is 1. The summed E-state index contributed by atoms with van der Waals surface area (Å²) in [5.74, 6) is 2.54. The van der Waals surface area contributed by atoms with Crippen LogP contribution >= 0.6 is 22.9 Å². The first kappa shape index (κ1) is 11.5. The van der Waals surface area contributed by atoms with Gasteiger partial charge in [-0.2, -0.15) is 0 Å². The maximum atomic E-state index is 6.09. The average molecular weight is 243 g/mol. The van der Waals surface area contributed by atoms with Gasteiger partial charge in [0.15, 0.2) is 0 Å². The van der Waals surface area contributed by atoms with Crippen LogP contribution in [-0.2, 0) is 6.42 Å². The molecule has 0 radical (unpaired) electrons. The van der Waals surface area contributed by atoms with Crippen LogP contribution in [0.3, 0.4) is 0 Å². The molecule has 0 N–H and O–H groups in total. The zero-order valence-corrected chi connectivity index (χ0v) is 10.7. The summed E-state index contributed by atoms with van der Waals surface area (Å²) in [6.07, 6.45) is 8.21. The minimum atomic E-state index is 0.760. The molecule has 0 aliphatic heterocycles. The monoisotopic (exact) mass is 242 g/mol. The molecule has 0 spiro atoms. The Kier molecular flexibility index (Phi) is 4.52. The summed E-state index contributed by atoms with van der Waals surface area (Å²) < 4.78 is 0. The van der Waals surface area contributed by atoms with Crippen LogP contribution in [0.4, 0.5) is 0 Å². The van der Waals surface area contributed by atoms with Gasteiger partial charge < -0.3 is 0 Å². The molecule has 0 aromatic carbocycles. The highest BCUT2D eigenvalue weighted by atomic mass is 35.5. The van der Waals surface area contributed by atoms with Crippen LogP contribution in [0.1, 0.15) is 37.0 Å². The molecule has 0 bridgehead atoms. The first-order valence-corrected chi connectivity index (χ1v) is 7.40. The van der Waals surface area contributed by atoms with E-state index in [-0.39, 0.29) is 0 Å². The molecule has 2 heteroatoms. The molecule has 0 saturated heterocycles. The number of hydrogen-bond acceptors (Lipinski definition) is 1. The maximum Gasteiger partial charge on any atom is 0.0254 e. The quantitative estimate of drug-likeness (QED) is 0.655. The van der Waals surface area contributed by atoms with Gasteiger partial charge in [-0.1, -0.05) is 31.7 Å². The molecule has 1 aromatic heterocycles. The van der Waals surface area contributed by atoms with Crippen molar-refractivity contribution in [3.05, 3.63) is 22.4 Å². The number of hydrogen-bond donors (Lipinski definition) is 0. The Hall–Kier alpha value is -0.0100. The molecule has 2 rings (SSSR count). The van der Waals surface area contributed by atoms with Gasteiger partial charge >= 0.3 is 0 Å². The molecular weight excluding hydrogens is 224 g/mol. The third kappa shape index (κ3) is 3.22. The number of alkyl halides is 1. The molecule has 1 unspecified atom stereocenters. The second-order valence-electron chi connectivity index (χ2n) is 4.58. The van der Waals surface area contributed by atoms with E-state index in [2.05, 4.69) is 17.5 Å². The molecule has 1 fully saturated rings. The van der Waals surface area contributed by atoms with Crippen LogP contribution in [0.15, 0.2) is 17.5 Å². The highest BCUT2D eigenvalue weighted by molar-refractivity contribution is 7.09. The van der Waals surface area contributed by atoms with Gasteiger partial charge in [0, 0.05) is 10.8 Å². The van der Waals surface area contributed by atoms with Crippen molar-refractivity contribution in [2.75, 3.05) is 5.88 Å². The van der Waals surface area contributed by atoms with E-state index >= 15 is 0 Å². The van der Waals surface area contributed by atoms with Crippen molar-refractivity contribution < 1.29 is 0 Å². The zero-order valence-electron chi connectivity index (χ0n) is 9.12. The van der Waals surface area contributed by atoms with E-state index in [0.717, 1.165) is 17.7 Å². The predicted octanol–water partition coefficient (Wildman–Crippen LogP) is 4.73. The van der Waals surface area contributed by atoms with Gasteiger partial charge in [-0.25, -0.2) is 0 Å². The summed E-state index contributed by atoms with van der Waals surface area (Å²) in [5.41, 5.74) is 0. The summed E-state index contributed by atoms with van der Waals surface area (Å²) in [7, 11) is 0. The van der Waals surface area contributed by atoms with E-state index < -0.39 is 0 Å². The van der Waals surface area contributed by atoms with E-state index in [1.54, 1.807) is 0 Å². The SMILES string of the molecule is ClCC(CCc1cccs1)C1CCCC1. The van der Waals surface area contributed by atoms with Gasteiger partial charge in [-0.05, 0) is 36.1 Å². The van der Waals surface area contributed by atoms with E-state index in [1.165, 1.54) is 43.4 Å². The van der Waals surface area contributed by atoms with Gasteiger partial charge in [0.25, 0.3) is 0 Å². The average Bonchev–Trinajstić information content (AvgIpc) is 2.90. The largest absolute Gasteiger partial charge is 0.149 e. The van der Waals surface area contributed by atoms with Crippen LogP contribution in [0, 0.1) is 11.8 Å². The van der Waals surface area contributed by atoms with E-state index in [0.29, 0.717) is 0 Å². The van der Waals surface area contributed by atoms with Gasteiger partial charge in [-0.15, -0.1) is 22.9 Å². The summed E-state index contributed by atoms with van der Waals surface area (Å²) in [6.45, 7) is 0. The first-order chi connectivity index (χ1) is 7.40. The Morgan fingerprint density at radius 1 is 1.40 bits per heavy atom. The fraction of sp³-hybridized carbons (Fsp3) is 0.692. The van der Waals surface area contributed by atoms with Gasteiger partial charge in [0.2, 0.25) is 0 Å². The lowest BCUT2D eigenvalue weighted by atomic mass is 9.88. The molecule has 1 heterocycles. The highest BCUT2D eigenvalue weighted by Crippen LogP contribution is 2.34. The maximum absolute atomic E-state index is 6.09. The Morgan fingerprint density at radius 2 is 2.20 bits per heavy atom. The summed E-state index contributed by atoms with van der Waals surface area (Å²) in [6, 6.07) is 4.38. The normalized spacial score (nSPS) is 19.5. The summed E-state index contributed by atoms with van der Waals surface area (Å²) >= 11 is 7.97. The molecule has 0 amide bonds. The van der Waals surface area contributed by atoms with Gasteiger partial charge in [-0.3, -0.25) is 0 Å². The Morgan fingerprint density at radius 3 is 2.80 bits per heavy atom. The van der Waals surface area contributed by atoms with Crippen molar-refractivity contribution in [1.82, 2.24) is 0 Å².